The van der Waals surface area contributed by atoms with Gasteiger partial charge in [0.15, 0.2) is 0 Å². The quantitative estimate of drug-likeness (QED) is 0.796. The van der Waals surface area contributed by atoms with E-state index in [0.717, 1.165) is 42.1 Å². The molecule has 0 unspecified atom stereocenters. The molecular formula is C19H25N3O2S. The molecule has 2 heterocycles. The van der Waals surface area contributed by atoms with Crippen LogP contribution in [0.2, 0.25) is 0 Å². The Morgan fingerprint density at radius 2 is 2.12 bits per heavy atom. The molecule has 5 nitrogen and oxygen atoms in total. The number of carbonyl (C=O) groups excluding carboxylic acids is 1. The lowest BCUT2D eigenvalue weighted by Crippen LogP contribution is -2.41. The van der Waals surface area contributed by atoms with Crippen molar-refractivity contribution in [1.29, 1.82) is 0 Å². The van der Waals surface area contributed by atoms with Gasteiger partial charge in [-0.3, -0.25) is 9.78 Å². The van der Waals surface area contributed by atoms with Gasteiger partial charge in [0.2, 0.25) is 5.91 Å². The summed E-state index contributed by atoms with van der Waals surface area (Å²) in [6.07, 6.45) is 8.34. The van der Waals surface area contributed by atoms with Crippen LogP contribution in [0.1, 0.15) is 44.2 Å². The second kappa shape index (κ2) is 8.54. The fourth-order valence-electron chi connectivity index (χ4n) is 3.34. The first-order chi connectivity index (χ1) is 12.2. The molecule has 2 aromatic rings. The van der Waals surface area contributed by atoms with Crippen molar-refractivity contribution < 1.29 is 9.90 Å². The monoisotopic (exact) mass is 359 g/mol. The molecule has 0 aromatic carbocycles. The molecule has 1 aliphatic rings. The van der Waals surface area contributed by atoms with Crippen LogP contribution in [0.5, 0.6) is 0 Å². The molecule has 2 N–H and O–H groups in total. The van der Waals surface area contributed by atoms with Crippen LogP contribution in [0.3, 0.4) is 0 Å². The molecule has 3 rings (SSSR count). The van der Waals surface area contributed by atoms with Crippen LogP contribution in [-0.4, -0.2) is 34.1 Å². The third-order valence-electron chi connectivity index (χ3n) is 4.95. The smallest absolute Gasteiger partial charge is 0.220 e. The van der Waals surface area contributed by atoms with Crippen LogP contribution in [-0.2, 0) is 11.2 Å². The second-order valence-corrected chi connectivity index (χ2v) is 7.71. The Bertz CT molecular complexity index is 681. The number of nitrogens with zero attached hydrogens (tertiary/aromatic N) is 2. The van der Waals surface area contributed by atoms with Gasteiger partial charge in [0, 0.05) is 30.0 Å². The SMILES string of the molecule is O=C(CCc1csc(-c2ccccn2)n1)NCC1(CO)CCCCC1. The van der Waals surface area contributed by atoms with Crippen LogP contribution in [0.4, 0.5) is 0 Å². The lowest BCUT2D eigenvalue weighted by Gasteiger charge is -2.35. The van der Waals surface area contributed by atoms with E-state index in [0.29, 0.717) is 19.4 Å². The van der Waals surface area contributed by atoms with Crippen LogP contribution in [0, 0.1) is 5.41 Å². The molecule has 0 atom stereocenters. The van der Waals surface area contributed by atoms with Crippen molar-refractivity contribution in [3.05, 3.63) is 35.5 Å². The van der Waals surface area contributed by atoms with Gasteiger partial charge in [-0.2, -0.15) is 0 Å². The number of nitrogens with one attached hydrogen (secondary N) is 1. The zero-order valence-corrected chi connectivity index (χ0v) is 15.2. The fraction of sp³-hybridized carbons (Fsp3) is 0.526. The molecule has 0 bridgehead atoms. The first kappa shape index (κ1) is 18.0. The number of amides is 1. The maximum Gasteiger partial charge on any atom is 0.220 e. The van der Waals surface area contributed by atoms with Crippen molar-refractivity contribution in [3.63, 3.8) is 0 Å². The van der Waals surface area contributed by atoms with Crippen molar-refractivity contribution in [2.45, 2.75) is 44.9 Å². The van der Waals surface area contributed by atoms with Crippen molar-refractivity contribution >= 4 is 17.2 Å². The van der Waals surface area contributed by atoms with Crippen LogP contribution in [0.25, 0.3) is 10.7 Å². The minimum absolute atomic E-state index is 0.0331. The summed E-state index contributed by atoms with van der Waals surface area (Å²) in [4.78, 5) is 21.0. The van der Waals surface area contributed by atoms with E-state index in [-0.39, 0.29) is 17.9 Å². The topological polar surface area (TPSA) is 75.1 Å². The maximum atomic E-state index is 12.2. The average molecular weight is 359 g/mol. The van der Waals surface area contributed by atoms with Gasteiger partial charge in [-0.05, 0) is 31.4 Å². The van der Waals surface area contributed by atoms with E-state index in [9.17, 15) is 9.90 Å². The largest absolute Gasteiger partial charge is 0.396 e. The highest BCUT2D eigenvalue weighted by Crippen LogP contribution is 2.35. The Morgan fingerprint density at radius 1 is 1.28 bits per heavy atom. The number of rotatable bonds is 7. The van der Waals surface area contributed by atoms with Gasteiger partial charge in [0.05, 0.1) is 18.0 Å². The van der Waals surface area contributed by atoms with Crippen molar-refractivity contribution in [2.24, 2.45) is 5.41 Å². The van der Waals surface area contributed by atoms with E-state index in [1.54, 1.807) is 17.5 Å². The molecule has 0 radical (unpaired) electrons. The Hall–Kier alpha value is -1.79. The number of aliphatic hydroxyl groups is 1. The number of aryl methyl sites for hydroxylation is 1. The maximum absolute atomic E-state index is 12.2. The van der Waals surface area contributed by atoms with E-state index in [1.807, 2.05) is 23.6 Å². The predicted molar refractivity (Wildman–Crippen MR) is 99.3 cm³/mol. The van der Waals surface area contributed by atoms with Crippen LogP contribution < -0.4 is 5.32 Å². The molecular weight excluding hydrogens is 334 g/mol. The number of hydrogen-bond donors (Lipinski definition) is 2. The summed E-state index contributed by atoms with van der Waals surface area (Å²) in [5.74, 6) is 0.0331. The normalized spacial score (nSPS) is 16.5. The summed E-state index contributed by atoms with van der Waals surface area (Å²) in [6.45, 7) is 0.741. The Morgan fingerprint density at radius 3 is 2.84 bits per heavy atom. The van der Waals surface area contributed by atoms with Gasteiger partial charge in [0.1, 0.15) is 5.01 Å². The Balaban J connectivity index is 1.47. The minimum atomic E-state index is -0.110. The molecule has 1 amide bonds. The molecule has 0 spiro atoms. The van der Waals surface area contributed by atoms with E-state index in [4.69, 9.17) is 0 Å². The van der Waals surface area contributed by atoms with Crippen molar-refractivity contribution in [3.8, 4) is 10.7 Å². The van der Waals surface area contributed by atoms with E-state index in [1.165, 1.54) is 6.42 Å². The summed E-state index contributed by atoms with van der Waals surface area (Å²) >= 11 is 1.55. The van der Waals surface area contributed by atoms with E-state index in [2.05, 4.69) is 15.3 Å². The van der Waals surface area contributed by atoms with Crippen molar-refractivity contribution in [2.75, 3.05) is 13.2 Å². The van der Waals surface area contributed by atoms with Gasteiger partial charge in [-0.25, -0.2) is 4.98 Å². The molecule has 134 valence electrons. The average Bonchev–Trinajstić information content (AvgIpc) is 3.15. The van der Waals surface area contributed by atoms with Gasteiger partial charge < -0.3 is 10.4 Å². The van der Waals surface area contributed by atoms with Gasteiger partial charge in [0.25, 0.3) is 0 Å². The molecule has 2 aromatic heterocycles. The fourth-order valence-corrected chi connectivity index (χ4v) is 4.17. The molecule has 1 aliphatic carbocycles. The summed E-state index contributed by atoms with van der Waals surface area (Å²) in [7, 11) is 0. The minimum Gasteiger partial charge on any atom is -0.396 e. The Kier molecular flexibility index (Phi) is 6.15. The van der Waals surface area contributed by atoms with Crippen molar-refractivity contribution in [1.82, 2.24) is 15.3 Å². The van der Waals surface area contributed by atoms with Crippen LogP contribution in [0.15, 0.2) is 29.8 Å². The number of carbonyl (C=O) groups is 1. The Labute approximate surface area is 152 Å². The lowest BCUT2D eigenvalue weighted by molar-refractivity contribution is -0.121. The first-order valence-corrected chi connectivity index (χ1v) is 9.82. The summed E-state index contributed by atoms with van der Waals surface area (Å²) in [5.41, 5.74) is 1.68. The molecule has 6 heteroatoms. The number of pyridine rings is 1. The van der Waals surface area contributed by atoms with E-state index < -0.39 is 0 Å². The van der Waals surface area contributed by atoms with E-state index >= 15 is 0 Å². The molecule has 1 saturated carbocycles. The molecule has 0 saturated heterocycles. The molecule has 1 fully saturated rings. The highest BCUT2D eigenvalue weighted by atomic mass is 32.1. The molecule has 25 heavy (non-hydrogen) atoms. The highest BCUT2D eigenvalue weighted by Gasteiger charge is 2.31. The lowest BCUT2D eigenvalue weighted by atomic mass is 9.74. The summed E-state index contributed by atoms with van der Waals surface area (Å²) < 4.78 is 0. The zero-order chi connectivity index (χ0) is 17.5. The standard InChI is InChI=1S/C19H25N3O2S/c23-14-19(9-3-1-4-10-19)13-21-17(24)8-7-15-12-25-18(22-15)16-6-2-5-11-20-16/h2,5-6,11-12,23H,1,3-4,7-10,13-14H2,(H,21,24). The van der Waals surface area contributed by atoms with Gasteiger partial charge >= 0.3 is 0 Å². The number of aliphatic hydroxyl groups excluding tert-OH is 1. The summed E-state index contributed by atoms with van der Waals surface area (Å²) in [5, 5.41) is 15.6. The summed E-state index contributed by atoms with van der Waals surface area (Å²) in [6, 6.07) is 5.76. The van der Waals surface area contributed by atoms with Crippen LogP contribution >= 0.6 is 11.3 Å². The number of hydrogen-bond acceptors (Lipinski definition) is 5. The van der Waals surface area contributed by atoms with Gasteiger partial charge in [-0.15, -0.1) is 11.3 Å². The third kappa shape index (κ3) is 4.86. The first-order valence-electron chi connectivity index (χ1n) is 8.94. The second-order valence-electron chi connectivity index (χ2n) is 6.85. The third-order valence-corrected chi connectivity index (χ3v) is 5.87. The van der Waals surface area contributed by atoms with Gasteiger partial charge in [-0.1, -0.05) is 25.3 Å². The predicted octanol–water partition coefficient (Wildman–Crippen LogP) is 3.20. The number of thiazole rings is 1. The molecule has 0 aliphatic heterocycles. The zero-order valence-electron chi connectivity index (χ0n) is 14.4. The number of aromatic nitrogens is 2. The highest BCUT2D eigenvalue weighted by molar-refractivity contribution is 7.13.